The zero-order valence-electron chi connectivity index (χ0n) is 15.6. The molecule has 2 fully saturated rings. The Balaban J connectivity index is 0.000000193. The van der Waals surface area contributed by atoms with Gasteiger partial charge in [0, 0.05) is 38.9 Å². The number of carbonyl (C=O) groups is 1. The maximum Gasteiger partial charge on any atom is 0.300 e. The average molecular weight is 393 g/mol. The summed E-state index contributed by atoms with van der Waals surface area (Å²) in [6, 6.07) is 7.45. The number of carboxylic acid groups (broad SMARTS) is 1. The molecule has 0 radical (unpaired) electrons. The van der Waals surface area contributed by atoms with E-state index >= 15 is 0 Å². The summed E-state index contributed by atoms with van der Waals surface area (Å²) in [5.41, 5.74) is 0.699. The lowest BCUT2D eigenvalue weighted by molar-refractivity contribution is -0.134. The van der Waals surface area contributed by atoms with Gasteiger partial charge in [0.25, 0.3) is 11.5 Å². The number of carboxylic acids is 1. The first-order valence-electron chi connectivity index (χ1n) is 8.90. The smallest absolute Gasteiger partial charge is 0.300 e. The summed E-state index contributed by atoms with van der Waals surface area (Å²) in [5, 5.41) is 10.3. The number of hydrogen-bond acceptors (Lipinski definition) is 6. The highest BCUT2D eigenvalue weighted by molar-refractivity contribution is 5.62. The van der Waals surface area contributed by atoms with Crippen LogP contribution in [0.25, 0.3) is 0 Å². The van der Waals surface area contributed by atoms with Gasteiger partial charge in [0.2, 0.25) is 5.95 Å². The molecular weight excluding hydrogens is 369 g/mol. The van der Waals surface area contributed by atoms with Crippen LogP contribution >= 0.6 is 0 Å². The van der Waals surface area contributed by atoms with Crippen LogP contribution in [0.15, 0.2) is 41.3 Å². The Labute approximate surface area is 161 Å². The number of halogens is 1. The fourth-order valence-corrected chi connectivity index (χ4v) is 2.67. The Bertz CT molecular complexity index is 773. The van der Waals surface area contributed by atoms with Gasteiger partial charge in [-0.2, -0.15) is 0 Å². The molecule has 3 N–H and O–H groups in total. The van der Waals surface area contributed by atoms with E-state index in [0.717, 1.165) is 38.5 Å². The quantitative estimate of drug-likeness (QED) is 0.732. The van der Waals surface area contributed by atoms with Crippen LogP contribution in [0.1, 0.15) is 25.3 Å². The minimum atomic E-state index is -0.833. The monoisotopic (exact) mass is 393 g/mol. The molecule has 152 valence electrons. The number of aromatic amines is 1. The molecule has 4 rings (SSSR count). The van der Waals surface area contributed by atoms with Crippen molar-refractivity contribution in [2.24, 2.45) is 0 Å². The molecule has 0 saturated carbocycles. The topological polar surface area (TPSA) is 114 Å². The summed E-state index contributed by atoms with van der Waals surface area (Å²) in [6.07, 6.45) is 4.56. The molecule has 2 aliphatic rings. The molecule has 2 atom stereocenters. The highest BCUT2D eigenvalue weighted by Crippen LogP contribution is 2.25. The molecule has 3 heterocycles. The van der Waals surface area contributed by atoms with Gasteiger partial charge in [-0.15, -0.1) is 0 Å². The third-order valence-electron chi connectivity index (χ3n) is 3.93. The number of benzene rings is 1. The highest BCUT2D eigenvalue weighted by Gasteiger charge is 2.33. The molecule has 0 aliphatic carbocycles. The molecule has 9 heteroatoms. The lowest BCUT2D eigenvalue weighted by Crippen LogP contribution is -2.13. The van der Waals surface area contributed by atoms with Crippen LogP contribution in [0.2, 0.25) is 0 Å². The fraction of sp³-hybridized carbons (Fsp3) is 0.421. The normalized spacial score (nSPS) is 19.5. The molecule has 0 amide bonds. The van der Waals surface area contributed by atoms with E-state index in [1.807, 2.05) is 0 Å². The molecule has 2 aliphatic heterocycles. The van der Waals surface area contributed by atoms with Crippen molar-refractivity contribution in [2.75, 3.05) is 18.5 Å². The predicted molar refractivity (Wildman–Crippen MR) is 101 cm³/mol. The lowest BCUT2D eigenvalue weighted by Gasteiger charge is -2.04. The van der Waals surface area contributed by atoms with Crippen LogP contribution in [-0.2, 0) is 20.8 Å². The van der Waals surface area contributed by atoms with E-state index in [9.17, 15) is 9.18 Å². The molecule has 0 spiro atoms. The van der Waals surface area contributed by atoms with Gasteiger partial charge in [-0.1, -0.05) is 12.1 Å². The summed E-state index contributed by atoms with van der Waals surface area (Å²) in [6.45, 7) is 3.39. The van der Waals surface area contributed by atoms with Crippen LogP contribution in [-0.4, -0.2) is 46.5 Å². The Morgan fingerprint density at radius 1 is 1.21 bits per heavy atom. The largest absolute Gasteiger partial charge is 0.481 e. The number of ether oxygens (including phenoxy) is 2. The summed E-state index contributed by atoms with van der Waals surface area (Å²) < 4.78 is 23.3. The van der Waals surface area contributed by atoms with E-state index < -0.39 is 5.97 Å². The number of anilines is 1. The summed E-state index contributed by atoms with van der Waals surface area (Å²) >= 11 is 0. The first kappa shape index (κ1) is 21.5. The Morgan fingerprint density at radius 3 is 2.32 bits per heavy atom. The zero-order chi connectivity index (χ0) is 20.4. The second-order valence-electron chi connectivity index (χ2n) is 6.18. The minimum Gasteiger partial charge on any atom is -0.481 e. The second-order valence-corrected chi connectivity index (χ2v) is 6.18. The molecule has 0 unspecified atom stereocenters. The van der Waals surface area contributed by atoms with Gasteiger partial charge in [-0.3, -0.25) is 14.6 Å². The van der Waals surface area contributed by atoms with Crippen LogP contribution in [0, 0.1) is 5.82 Å². The van der Waals surface area contributed by atoms with Crippen molar-refractivity contribution in [1.29, 1.82) is 0 Å². The van der Waals surface area contributed by atoms with Gasteiger partial charge in [0.05, 0.1) is 12.2 Å². The average Bonchev–Trinajstić information content (AvgIpc) is 3.26. The third-order valence-corrected chi connectivity index (χ3v) is 3.93. The summed E-state index contributed by atoms with van der Waals surface area (Å²) in [7, 11) is 0. The predicted octanol–water partition coefficient (Wildman–Crippen LogP) is 2.18. The number of aromatic nitrogens is 2. The van der Waals surface area contributed by atoms with E-state index in [4.69, 9.17) is 19.4 Å². The fourth-order valence-electron chi connectivity index (χ4n) is 2.67. The molecular formula is C19H24FN3O5. The Morgan fingerprint density at radius 2 is 1.79 bits per heavy atom. The molecule has 2 aromatic rings. The molecule has 0 bridgehead atoms. The van der Waals surface area contributed by atoms with Crippen molar-refractivity contribution < 1.29 is 23.8 Å². The number of rotatable bonds is 3. The van der Waals surface area contributed by atoms with Gasteiger partial charge in [0.15, 0.2) is 0 Å². The van der Waals surface area contributed by atoms with Crippen LogP contribution in [0.5, 0.6) is 0 Å². The number of hydrogen-bond donors (Lipinski definition) is 3. The van der Waals surface area contributed by atoms with Crippen molar-refractivity contribution in [3.8, 4) is 0 Å². The maximum atomic E-state index is 12.6. The third kappa shape index (κ3) is 7.85. The van der Waals surface area contributed by atoms with Crippen molar-refractivity contribution in [3.05, 3.63) is 58.3 Å². The first-order valence-corrected chi connectivity index (χ1v) is 8.90. The van der Waals surface area contributed by atoms with E-state index in [1.54, 1.807) is 12.1 Å². The lowest BCUT2D eigenvalue weighted by atomic mass is 10.2. The number of fused-ring (bicyclic) bond motifs is 1. The van der Waals surface area contributed by atoms with Crippen molar-refractivity contribution >= 4 is 11.9 Å². The van der Waals surface area contributed by atoms with E-state index in [2.05, 4.69) is 15.3 Å². The van der Waals surface area contributed by atoms with Crippen molar-refractivity contribution in [2.45, 2.75) is 38.5 Å². The summed E-state index contributed by atoms with van der Waals surface area (Å²) in [4.78, 5) is 26.4. The van der Waals surface area contributed by atoms with Crippen LogP contribution in [0.3, 0.4) is 0 Å². The zero-order valence-corrected chi connectivity index (χ0v) is 15.6. The van der Waals surface area contributed by atoms with Gasteiger partial charge in [0.1, 0.15) is 5.82 Å². The maximum absolute atomic E-state index is 12.6. The Kier molecular flexibility index (Phi) is 8.57. The van der Waals surface area contributed by atoms with Crippen molar-refractivity contribution in [3.63, 3.8) is 0 Å². The van der Waals surface area contributed by atoms with Gasteiger partial charge in [-0.25, -0.2) is 9.37 Å². The highest BCUT2D eigenvalue weighted by atomic mass is 19.1. The molecule has 1 aromatic carbocycles. The molecule has 8 nitrogen and oxygen atoms in total. The van der Waals surface area contributed by atoms with Gasteiger partial charge >= 0.3 is 0 Å². The van der Waals surface area contributed by atoms with E-state index in [1.165, 1.54) is 24.4 Å². The van der Waals surface area contributed by atoms with E-state index in [-0.39, 0.29) is 11.4 Å². The molecule has 1 aromatic heterocycles. The minimum absolute atomic E-state index is 0.211. The van der Waals surface area contributed by atoms with Crippen LogP contribution < -0.4 is 10.9 Å². The number of H-pyrrole nitrogens is 1. The van der Waals surface area contributed by atoms with Crippen molar-refractivity contribution in [1.82, 2.24) is 9.97 Å². The van der Waals surface area contributed by atoms with E-state index in [0.29, 0.717) is 24.7 Å². The second kappa shape index (κ2) is 11.2. The SMILES string of the molecule is C1C[C@H]2OCC[C@H]2O1.CC(=O)O.O=c1ccnc(NCc2ccc(F)cc2)[nH]1. The number of nitrogens with one attached hydrogen (secondary N) is 2. The first-order chi connectivity index (χ1) is 13.4. The van der Waals surface area contributed by atoms with Gasteiger partial charge < -0.3 is 19.9 Å². The Hall–Kier alpha value is -2.78. The standard InChI is InChI=1S/C11H10FN3O.C6H10O2.C2H4O2/c12-9-3-1-8(2-4-9)7-14-11-13-6-5-10(16)15-11;1-3-7-6-2-4-8-5(1)6;1-2(3)4/h1-6H,7H2,(H2,13,14,15,16);5-6H,1-4H2;1H3,(H,3,4)/t;5-,6-;/m.1./s1. The van der Waals surface area contributed by atoms with Gasteiger partial charge in [-0.05, 0) is 30.5 Å². The molecule has 28 heavy (non-hydrogen) atoms. The number of aliphatic carboxylic acids is 1. The van der Waals surface area contributed by atoms with Crippen LogP contribution in [0.4, 0.5) is 10.3 Å². The number of nitrogens with zero attached hydrogens (tertiary/aromatic N) is 1. The molecule has 2 saturated heterocycles. The summed E-state index contributed by atoms with van der Waals surface area (Å²) in [5.74, 6) is -0.702.